The molecule has 1 rings (SSSR count). The van der Waals surface area contributed by atoms with E-state index in [-0.39, 0.29) is 11.6 Å². The Morgan fingerprint density at radius 3 is 2.47 bits per heavy atom. The van der Waals surface area contributed by atoms with Crippen molar-refractivity contribution in [1.29, 1.82) is 0 Å². The number of benzene rings is 1. The van der Waals surface area contributed by atoms with Gasteiger partial charge in [-0.1, -0.05) is 37.3 Å². The van der Waals surface area contributed by atoms with Crippen LogP contribution in [0.5, 0.6) is 0 Å². The molecule has 2 nitrogen and oxygen atoms in total. The second-order valence-corrected chi connectivity index (χ2v) is 5.23. The zero-order valence-electron chi connectivity index (χ0n) is 11.5. The highest BCUT2D eigenvalue weighted by Gasteiger charge is 2.15. The van der Waals surface area contributed by atoms with Gasteiger partial charge in [-0.15, -0.1) is 0 Å². The maximum Gasteiger partial charge on any atom is 0.0721 e. The minimum atomic E-state index is 0.199. The zero-order valence-corrected chi connectivity index (χ0v) is 11.5. The van der Waals surface area contributed by atoms with Gasteiger partial charge >= 0.3 is 0 Å². The normalized spacial score (nSPS) is 13.6. The van der Waals surface area contributed by atoms with E-state index in [1.807, 2.05) is 18.2 Å². The molecule has 17 heavy (non-hydrogen) atoms. The van der Waals surface area contributed by atoms with Crippen molar-refractivity contribution in [2.75, 3.05) is 6.54 Å². The van der Waals surface area contributed by atoms with Crippen molar-refractivity contribution in [2.24, 2.45) is 0 Å². The Morgan fingerprint density at radius 1 is 1.24 bits per heavy atom. The summed E-state index contributed by atoms with van der Waals surface area (Å²) in [4.78, 5) is 0. The molecule has 0 bridgehead atoms. The van der Waals surface area contributed by atoms with Gasteiger partial charge < -0.3 is 10.1 Å². The van der Waals surface area contributed by atoms with Crippen molar-refractivity contribution in [2.45, 2.75) is 52.4 Å². The van der Waals surface area contributed by atoms with E-state index in [0.29, 0.717) is 6.61 Å². The highest BCUT2D eigenvalue weighted by atomic mass is 16.5. The molecule has 0 aliphatic carbocycles. The molecular formula is C15H25NO. The van der Waals surface area contributed by atoms with E-state index >= 15 is 0 Å². The molecule has 0 radical (unpaired) electrons. The number of rotatable bonds is 7. The van der Waals surface area contributed by atoms with E-state index in [2.05, 4.69) is 45.1 Å². The number of hydrogen-bond acceptors (Lipinski definition) is 2. The summed E-state index contributed by atoms with van der Waals surface area (Å²) < 4.78 is 5.81. The van der Waals surface area contributed by atoms with Crippen LogP contribution in [0.25, 0.3) is 0 Å². The predicted molar refractivity (Wildman–Crippen MR) is 73.1 cm³/mol. The minimum Gasteiger partial charge on any atom is -0.373 e. The van der Waals surface area contributed by atoms with Crippen LogP contribution in [0.1, 0.15) is 39.7 Å². The van der Waals surface area contributed by atoms with Crippen molar-refractivity contribution in [3.8, 4) is 0 Å². The monoisotopic (exact) mass is 235 g/mol. The molecule has 1 N–H and O–H groups in total. The summed E-state index contributed by atoms with van der Waals surface area (Å²) in [6, 6.07) is 10.3. The third-order valence-corrected chi connectivity index (χ3v) is 3.13. The SMILES string of the molecule is CCC(C)(C)NCC(C)OCc1ccccc1. The van der Waals surface area contributed by atoms with E-state index in [1.54, 1.807) is 0 Å². The van der Waals surface area contributed by atoms with Gasteiger partial charge in [0.1, 0.15) is 0 Å². The number of nitrogens with one attached hydrogen (secondary N) is 1. The van der Waals surface area contributed by atoms with Crippen molar-refractivity contribution >= 4 is 0 Å². The van der Waals surface area contributed by atoms with E-state index in [9.17, 15) is 0 Å². The molecule has 1 aromatic rings. The van der Waals surface area contributed by atoms with Gasteiger partial charge in [0, 0.05) is 12.1 Å². The van der Waals surface area contributed by atoms with Crippen LogP contribution in [0.3, 0.4) is 0 Å². The Balaban J connectivity index is 2.24. The van der Waals surface area contributed by atoms with Crippen LogP contribution in [-0.2, 0) is 11.3 Å². The van der Waals surface area contributed by atoms with Crippen LogP contribution < -0.4 is 5.32 Å². The van der Waals surface area contributed by atoms with Crippen molar-refractivity contribution in [1.82, 2.24) is 5.32 Å². The Labute approximate surface area is 105 Å². The molecule has 0 amide bonds. The first-order valence-electron chi connectivity index (χ1n) is 6.44. The summed E-state index contributed by atoms with van der Waals surface area (Å²) in [5.41, 5.74) is 1.43. The number of ether oxygens (including phenoxy) is 1. The first-order valence-corrected chi connectivity index (χ1v) is 6.44. The topological polar surface area (TPSA) is 21.3 Å². The zero-order chi connectivity index (χ0) is 12.7. The Morgan fingerprint density at radius 2 is 1.88 bits per heavy atom. The standard InChI is InChI=1S/C15H25NO/c1-5-15(3,4)16-11-13(2)17-12-14-9-7-6-8-10-14/h6-10,13,16H,5,11-12H2,1-4H3. The molecule has 0 heterocycles. The quantitative estimate of drug-likeness (QED) is 0.782. The first kappa shape index (κ1) is 14.2. The molecule has 0 aliphatic rings. The Bertz CT molecular complexity index is 308. The van der Waals surface area contributed by atoms with E-state index < -0.39 is 0 Å². The lowest BCUT2D eigenvalue weighted by atomic mass is 10.0. The van der Waals surface area contributed by atoms with Gasteiger partial charge in [-0.3, -0.25) is 0 Å². The van der Waals surface area contributed by atoms with Crippen LogP contribution in [0, 0.1) is 0 Å². The summed E-state index contributed by atoms with van der Waals surface area (Å²) in [5.74, 6) is 0. The molecule has 1 unspecified atom stereocenters. The third-order valence-electron chi connectivity index (χ3n) is 3.13. The minimum absolute atomic E-state index is 0.199. The van der Waals surface area contributed by atoms with Gasteiger partial charge in [0.2, 0.25) is 0 Å². The lowest BCUT2D eigenvalue weighted by Gasteiger charge is -2.26. The van der Waals surface area contributed by atoms with Crippen molar-refractivity contribution in [3.63, 3.8) is 0 Å². The molecule has 0 saturated carbocycles. The van der Waals surface area contributed by atoms with Crippen LogP contribution >= 0.6 is 0 Å². The molecule has 0 aliphatic heterocycles. The molecule has 1 atom stereocenters. The third kappa shape index (κ3) is 5.85. The summed E-state index contributed by atoms with van der Waals surface area (Å²) in [6.07, 6.45) is 1.36. The molecule has 1 aromatic carbocycles. The molecule has 96 valence electrons. The summed E-state index contributed by atoms with van der Waals surface area (Å²) in [5, 5.41) is 3.52. The van der Waals surface area contributed by atoms with E-state index in [0.717, 1.165) is 13.0 Å². The highest BCUT2D eigenvalue weighted by molar-refractivity contribution is 5.13. The van der Waals surface area contributed by atoms with Crippen LogP contribution in [0.4, 0.5) is 0 Å². The first-order chi connectivity index (χ1) is 8.03. The largest absolute Gasteiger partial charge is 0.373 e. The molecule has 0 fully saturated rings. The molecule has 2 heteroatoms. The van der Waals surface area contributed by atoms with E-state index in [4.69, 9.17) is 4.74 Å². The van der Waals surface area contributed by atoms with Gasteiger partial charge in [-0.2, -0.15) is 0 Å². The van der Waals surface area contributed by atoms with Crippen LogP contribution in [0.2, 0.25) is 0 Å². The lowest BCUT2D eigenvalue weighted by Crippen LogP contribution is -2.42. The summed E-state index contributed by atoms with van der Waals surface area (Å²) in [6.45, 7) is 10.3. The molecule has 0 spiro atoms. The number of hydrogen-bond donors (Lipinski definition) is 1. The average Bonchev–Trinajstić information content (AvgIpc) is 2.35. The van der Waals surface area contributed by atoms with Gasteiger partial charge in [-0.25, -0.2) is 0 Å². The summed E-state index contributed by atoms with van der Waals surface area (Å²) >= 11 is 0. The average molecular weight is 235 g/mol. The Kier molecular flexibility index (Phi) is 5.66. The second-order valence-electron chi connectivity index (χ2n) is 5.23. The fraction of sp³-hybridized carbons (Fsp3) is 0.600. The Hall–Kier alpha value is -0.860. The fourth-order valence-corrected chi connectivity index (χ4v) is 1.42. The van der Waals surface area contributed by atoms with Gasteiger partial charge in [0.05, 0.1) is 12.7 Å². The molecule has 0 saturated heterocycles. The second kappa shape index (κ2) is 6.77. The molecule has 0 aromatic heterocycles. The maximum atomic E-state index is 5.81. The van der Waals surface area contributed by atoms with Crippen LogP contribution in [-0.4, -0.2) is 18.2 Å². The maximum absolute atomic E-state index is 5.81. The highest BCUT2D eigenvalue weighted by Crippen LogP contribution is 2.08. The predicted octanol–water partition coefficient (Wildman–Crippen LogP) is 3.37. The fourth-order valence-electron chi connectivity index (χ4n) is 1.42. The van der Waals surface area contributed by atoms with Crippen LogP contribution in [0.15, 0.2) is 30.3 Å². The van der Waals surface area contributed by atoms with Crippen molar-refractivity contribution in [3.05, 3.63) is 35.9 Å². The lowest BCUT2D eigenvalue weighted by molar-refractivity contribution is 0.0483. The van der Waals surface area contributed by atoms with Gasteiger partial charge in [0.15, 0.2) is 0 Å². The smallest absolute Gasteiger partial charge is 0.0721 e. The van der Waals surface area contributed by atoms with E-state index in [1.165, 1.54) is 5.56 Å². The van der Waals surface area contributed by atoms with Crippen molar-refractivity contribution < 1.29 is 4.74 Å². The van der Waals surface area contributed by atoms with Gasteiger partial charge in [-0.05, 0) is 32.8 Å². The van der Waals surface area contributed by atoms with Gasteiger partial charge in [0.25, 0.3) is 0 Å². The molecular weight excluding hydrogens is 210 g/mol. The summed E-state index contributed by atoms with van der Waals surface area (Å²) in [7, 11) is 0.